The maximum absolute atomic E-state index is 10.6. The first kappa shape index (κ1) is 9.64. The van der Waals surface area contributed by atoms with E-state index >= 15 is 0 Å². The van der Waals surface area contributed by atoms with Crippen molar-refractivity contribution < 1.29 is 9.90 Å². The largest absolute Gasteiger partial charge is 0.481 e. The number of carboxylic acid groups (broad SMARTS) is 1. The predicted octanol–water partition coefficient (Wildman–Crippen LogP) is 1.54. The number of H-pyrrole nitrogens is 1. The van der Waals surface area contributed by atoms with Crippen molar-refractivity contribution in [1.82, 2.24) is 15.4 Å². The van der Waals surface area contributed by atoms with Crippen LogP contribution in [0.25, 0.3) is 11.0 Å². The monoisotopic (exact) mass is 205 g/mol. The summed E-state index contributed by atoms with van der Waals surface area (Å²) in [5.74, 6) is -0.862. The lowest BCUT2D eigenvalue weighted by atomic mass is 9.97. The van der Waals surface area contributed by atoms with Crippen LogP contribution in [0, 0.1) is 0 Å². The van der Waals surface area contributed by atoms with Gasteiger partial charge in [0.2, 0.25) is 0 Å². The molecule has 0 aliphatic rings. The van der Waals surface area contributed by atoms with Gasteiger partial charge in [-0.15, -0.1) is 0 Å². The van der Waals surface area contributed by atoms with Crippen molar-refractivity contribution in [3.8, 4) is 0 Å². The Hall–Kier alpha value is -1.91. The Labute approximate surface area is 86.1 Å². The highest BCUT2D eigenvalue weighted by atomic mass is 16.4. The molecular weight excluding hydrogens is 194 g/mol. The van der Waals surface area contributed by atoms with Gasteiger partial charge < -0.3 is 5.11 Å². The molecule has 1 atom stereocenters. The lowest BCUT2D eigenvalue weighted by Crippen LogP contribution is -2.03. The fourth-order valence-corrected chi connectivity index (χ4v) is 1.66. The van der Waals surface area contributed by atoms with Gasteiger partial charge in [0.1, 0.15) is 11.0 Å². The highest BCUT2D eigenvalue weighted by Gasteiger charge is 2.14. The molecule has 15 heavy (non-hydrogen) atoms. The predicted molar refractivity (Wildman–Crippen MR) is 54.6 cm³/mol. The fraction of sp³-hybridized carbons (Fsp3) is 0.300. The second-order valence-corrected chi connectivity index (χ2v) is 3.54. The molecule has 1 aromatic carbocycles. The van der Waals surface area contributed by atoms with Gasteiger partial charge in [0, 0.05) is 0 Å². The van der Waals surface area contributed by atoms with Crippen molar-refractivity contribution >= 4 is 17.0 Å². The van der Waals surface area contributed by atoms with Gasteiger partial charge in [-0.05, 0) is 17.5 Å². The number of aromatic amines is 1. The summed E-state index contributed by atoms with van der Waals surface area (Å²) in [5.41, 5.74) is 2.44. The Morgan fingerprint density at radius 2 is 2.33 bits per heavy atom. The van der Waals surface area contributed by atoms with Gasteiger partial charge in [0.25, 0.3) is 0 Å². The maximum Gasteiger partial charge on any atom is 0.303 e. The lowest BCUT2D eigenvalue weighted by Gasteiger charge is -2.08. The first-order valence-corrected chi connectivity index (χ1v) is 4.69. The zero-order valence-electron chi connectivity index (χ0n) is 8.27. The molecule has 0 bridgehead atoms. The van der Waals surface area contributed by atoms with E-state index in [0.29, 0.717) is 0 Å². The number of benzene rings is 1. The number of hydrogen-bond donors (Lipinski definition) is 2. The van der Waals surface area contributed by atoms with Crippen LogP contribution in [-0.2, 0) is 4.79 Å². The van der Waals surface area contributed by atoms with E-state index in [9.17, 15) is 4.79 Å². The van der Waals surface area contributed by atoms with Gasteiger partial charge in [0.05, 0.1) is 6.42 Å². The van der Waals surface area contributed by atoms with E-state index in [1.54, 1.807) is 0 Å². The Balaban J connectivity index is 2.42. The Morgan fingerprint density at radius 1 is 1.53 bits per heavy atom. The minimum Gasteiger partial charge on any atom is -0.481 e. The molecule has 78 valence electrons. The molecule has 0 aliphatic heterocycles. The third kappa shape index (κ3) is 1.81. The van der Waals surface area contributed by atoms with Crippen LogP contribution < -0.4 is 0 Å². The van der Waals surface area contributed by atoms with Gasteiger partial charge in [-0.3, -0.25) is 4.79 Å². The van der Waals surface area contributed by atoms with Crippen molar-refractivity contribution in [3.63, 3.8) is 0 Å². The average Bonchev–Trinajstić information content (AvgIpc) is 2.63. The molecule has 2 rings (SSSR count). The number of nitrogens with zero attached hydrogens (tertiary/aromatic N) is 2. The number of aromatic nitrogens is 3. The zero-order valence-corrected chi connectivity index (χ0v) is 8.27. The summed E-state index contributed by atoms with van der Waals surface area (Å²) in [6.45, 7) is 1.87. The third-order valence-corrected chi connectivity index (χ3v) is 2.39. The first-order chi connectivity index (χ1) is 7.18. The summed E-state index contributed by atoms with van der Waals surface area (Å²) in [7, 11) is 0. The summed E-state index contributed by atoms with van der Waals surface area (Å²) < 4.78 is 0. The van der Waals surface area contributed by atoms with Crippen molar-refractivity contribution in [3.05, 3.63) is 23.8 Å². The molecular formula is C10H11N3O2. The van der Waals surface area contributed by atoms with E-state index < -0.39 is 5.97 Å². The van der Waals surface area contributed by atoms with Crippen molar-refractivity contribution in [2.45, 2.75) is 19.3 Å². The molecule has 0 aliphatic carbocycles. The van der Waals surface area contributed by atoms with Crippen LogP contribution in [0.4, 0.5) is 0 Å². The maximum atomic E-state index is 10.6. The average molecular weight is 205 g/mol. The standard InChI is InChI=1S/C10H11N3O2/c1-6(5-9(14)15)7-3-2-4-8-10(7)12-13-11-8/h2-4,6H,5H2,1H3,(H,14,15)(H,11,12,13). The lowest BCUT2D eigenvalue weighted by molar-refractivity contribution is -0.137. The summed E-state index contributed by atoms with van der Waals surface area (Å²) in [6.07, 6.45) is 0.103. The van der Waals surface area contributed by atoms with Crippen LogP contribution >= 0.6 is 0 Å². The van der Waals surface area contributed by atoms with Crippen molar-refractivity contribution in [1.29, 1.82) is 0 Å². The third-order valence-electron chi connectivity index (χ3n) is 2.39. The second-order valence-electron chi connectivity index (χ2n) is 3.54. The van der Waals surface area contributed by atoms with Crippen LogP contribution in [0.5, 0.6) is 0 Å². The van der Waals surface area contributed by atoms with Gasteiger partial charge in [-0.1, -0.05) is 19.1 Å². The number of nitrogens with one attached hydrogen (secondary N) is 1. The van der Waals surface area contributed by atoms with E-state index in [1.807, 2.05) is 25.1 Å². The van der Waals surface area contributed by atoms with Crippen LogP contribution in [0.2, 0.25) is 0 Å². The zero-order chi connectivity index (χ0) is 10.8. The number of para-hydroxylation sites is 1. The van der Waals surface area contributed by atoms with Gasteiger partial charge >= 0.3 is 5.97 Å². The molecule has 0 spiro atoms. The van der Waals surface area contributed by atoms with Crippen LogP contribution in [-0.4, -0.2) is 26.5 Å². The molecule has 2 N–H and O–H groups in total. The number of rotatable bonds is 3. The van der Waals surface area contributed by atoms with E-state index in [4.69, 9.17) is 5.11 Å². The van der Waals surface area contributed by atoms with E-state index in [-0.39, 0.29) is 12.3 Å². The topological polar surface area (TPSA) is 78.9 Å². The van der Waals surface area contributed by atoms with E-state index in [1.165, 1.54) is 0 Å². The molecule has 2 aromatic rings. The first-order valence-electron chi connectivity index (χ1n) is 4.69. The van der Waals surface area contributed by atoms with Gasteiger partial charge in [-0.2, -0.15) is 15.4 Å². The second kappa shape index (κ2) is 3.68. The number of carbonyl (C=O) groups is 1. The number of hydrogen-bond acceptors (Lipinski definition) is 3. The Bertz CT molecular complexity index is 492. The molecule has 1 aromatic heterocycles. The number of aliphatic carboxylic acids is 1. The SMILES string of the molecule is CC(CC(=O)O)c1cccc2n[nH]nc12. The smallest absolute Gasteiger partial charge is 0.303 e. The van der Waals surface area contributed by atoms with Crippen molar-refractivity contribution in [2.75, 3.05) is 0 Å². The minimum atomic E-state index is -0.803. The molecule has 1 unspecified atom stereocenters. The molecule has 0 saturated heterocycles. The van der Waals surface area contributed by atoms with E-state index in [0.717, 1.165) is 16.6 Å². The van der Waals surface area contributed by atoms with Crippen LogP contribution in [0.15, 0.2) is 18.2 Å². The Kier molecular flexibility index (Phi) is 2.37. The Morgan fingerprint density at radius 3 is 3.07 bits per heavy atom. The summed E-state index contributed by atoms with van der Waals surface area (Å²) in [4.78, 5) is 10.6. The van der Waals surface area contributed by atoms with E-state index in [2.05, 4.69) is 15.4 Å². The molecule has 0 saturated carbocycles. The highest BCUT2D eigenvalue weighted by molar-refractivity contribution is 5.79. The number of fused-ring (bicyclic) bond motifs is 1. The molecule has 0 radical (unpaired) electrons. The fourth-order valence-electron chi connectivity index (χ4n) is 1.66. The van der Waals surface area contributed by atoms with Gasteiger partial charge in [0.15, 0.2) is 0 Å². The molecule has 1 heterocycles. The quantitative estimate of drug-likeness (QED) is 0.796. The highest BCUT2D eigenvalue weighted by Crippen LogP contribution is 2.24. The van der Waals surface area contributed by atoms with Gasteiger partial charge in [-0.25, -0.2) is 0 Å². The summed E-state index contributed by atoms with van der Waals surface area (Å²) in [6, 6.07) is 5.59. The molecule has 0 amide bonds. The molecule has 0 fully saturated rings. The normalized spacial score (nSPS) is 12.9. The molecule has 5 nitrogen and oxygen atoms in total. The van der Waals surface area contributed by atoms with Crippen molar-refractivity contribution in [2.24, 2.45) is 0 Å². The number of carboxylic acids is 1. The summed E-state index contributed by atoms with van der Waals surface area (Å²) in [5, 5.41) is 19.2. The summed E-state index contributed by atoms with van der Waals surface area (Å²) >= 11 is 0. The minimum absolute atomic E-state index is 0.0590. The molecule has 5 heteroatoms. The van der Waals surface area contributed by atoms with Crippen LogP contribution in [0.3, 0.4) is 0 Å². The van der Waals surface area contributed by atoms with Crippen LogP contribution in [0.1, 0.15) is 24.8 Å².